The van der Waals surface area contributed by atoms with Gasteiger partial charge in [0.1, 0.15) is 12.4 Å². The van der Waals surface area contributed by atoms with Crippen molar-refractivity contribution in [1.29, 1.82) is 0 Å². The van der Waals surface area contributed by atoms with Gasteiger partial charge in [-0.1, -0.05) is 6.07 Å². The van der Waals surface area contributed by atoms with E-state index in [0.29, 0.717) is 0 Å². The highest BCUT2D eigenvalue weighted by Crippen LogP contribution is 2.23. The van der Waals surface area contributed by atoms with E-state index in [2.05, 4.69) is 0 Å². The number of carbonyl (C=O) groups excluding carboxylic acids is 1. The molecule has 70 valence electrons. The Morgan fingerprint density at radius 3 is 2.54 bits per heavy atom. The maximum Gasteiger partial charge on any atom is 0.192 e. The molecule has 0 aliphatic heterocycles. The molecule has 0 spiro atoms. The summed E-state index contributed by atoms with van der Waals surface area (Å²) in [7, 11) is 0. The maximum atomic E-state index is 11.2. The van der Waals surface area contributed by atoms with E-state index >= 15 is 0 Å². The topological polar surface area (TPSA) is 57.5 Å². The van der Waals surface area contributed by atoms with Crippen molar-refractivity contribution in [2.24, 2.45) is 0 Å². The van der Waals surface area contributed by atoms with E-state index in [0.717, 1.165) is 11.1 Å². The molecule has 0 amide bonds. The number of aliphatic hydroxyl groups is 1. The van der Waals surface area contributed by atoms with E-state index in [1.165, 1.54) is 6.07 Å². The lowest BCUT2D eigenvalue weighted by molar-refractivity contribution is 0.0900. The Morgan fingerprint density at radius 1 is 1.38 bits per heavy atom. The van der Waals surface area contributed by atoms with Gasteiger partial charge < -0.3 is 10.2 Å². The Balaban J connectivity index is 3.33. The largest absolute Gasteiger partial charge is 0.507 e. The minimum Gasteiger partial charge on any atom is -0.507 e. The molecule has 0 aliphatic rings. The summed E-state index contributed by atoms with van der Waals surface area (Å²) < 4.78 is 0. The van der Waals surface area contributed by atoms with Crippen LogP contribution < -0.4 is 0 Å². The fraction of sp³-hybridized carbons (Fsp3) is 0.300. The number of hydrogen-bond acceptors (Lipinski definition) is 3. The van der Waals surface area contributed by atoms with Crippen LogP contribution in [0.4, 0.5) is 0 Å². The molecule has 0 unspecified atom stereocenters. The minimum absolute atomic E-state index is 0.0675. The molecule has 0 saturated heterocycles. The normalized spacial score (nSPS) is 10.1. The standard InChI is InChI=1S/C10H12O3/c1-6-3-4-8(12)10(7(6)2)9(13)5-11/h3-4,11-12H,5H2,1-2H3. The van der Waals surface area contributed by atoms with Gasteiger partial charge in [0.05, 0.1) is 5.56 Å². The quantitative estimate of drug-likeness (QED) is 0.672. The van der Waals surface area contributed by atoms with Crippen molar-refractivity contribution in [3.8, 4) is 5.75 Å². The predicted molar refractivity (Wildman–Crippen MR) is 49.0 cm³/mol. The summed E-state index contributed by atoms with van der Waals surface area (Å²) in [6, 6.07) is 3.20. The fourth-order valence-electron chi connectivity index (χ4n) is 1.23. The van der Waals surface area contributed by atoms with Crippen LogP contribution in [0.25, 0.3) is 0 Å². The van der Waals surface area contributed by atoms with Crippen molar-refractivity contribution in [1.82, 2.24) is 0 Å². The lowest BCUT2D eigenvalue weighted by Crippen LogP contribution is -2.07. The van der Waals surface area contributed by atoms with Crippen molar-refractivity contribution in [2.75, 3.05) is 6.61 Å². The molecule has 1 rings (SSSR count). The number of rotatable bonds is 2. The smallest absolute Gasteiger partial charge is 0.192 e. The van der Waals surface area contributed by atoms with Gasteiger partial charge in [-0.3, -0.25) is 4.79 Å². The Hall–Kier alpha value is -1.35. The lowest BCUT2D eigenvalue weighted by atomic mass is 9.99. The second-order valence-electron chi connectivity index (χ2n) is 2.98. The molecule has 13 heavy (non-hydrogen) atoms. The number of hydrogen-bond donors (Lipinski definition) is 2. The highest BCUT2D eigenvalue weighted by Gasteiger charge is 2.13. The molecular formula is C10H12O3. The number of ketones is 1. The summed E-state index contributed by atoms with van der Waals surface area (Å²) in [4.78, 5) is 11.2. The number of carbonyl (C=O) groups is 1. The van der Waals surface area contributed by atoms with E-state index in [1.807, 2.05) is 6.92 Å². The number of Topliss-reactive ketones (excluding diaryl/α,β-unsaturated/α-hetero) is 1. The SMILES string of the molecule is Cc1ccc(O)c(C(=O)CO)c1C. The van der Waals surface area contributed by atoms with E-state index in [4.69, 9.17) is 5.11 Å². The fourth-order valence-corrected chi connectivity index (χ4v) is 1.23. The molecule has 0 heterocycles. The van der Waals surface area contributed by atoms with Crippen molar-refractivity contribution in [3.63, 3.8) is 0 Å². The molecule has 0 radical (unpaired) electrons. The third kappa shape index (κ3) is 1.70. The highest BCUT2D eigenvalue weighted by atomic mass is 16.3. The van der Waals surface area contributed by atoms with Gasteiger partial charge >= 0.3 is 0 Å². The average Bonchev–Trinajstić information content (AvgIpc) is 2.12. The minimum atomic E-state index is -0.572. The van der Waals surface area contributed by atoms with Gasteiger partial charge in [-0.05, 0) is 31.0 Å². The Bertz CT molecular complexity index is 342. The van der Waals surface area contributed by atoms with Crippen molar-refractivity contribution in [2.45, 2.75) is 13.8 Å². The highest BCUT2D eigenvalue weighted by molar-refractivity contribution is 6.00. The lowest BCUT2D eigenvalue weighted by Gasteiger charge is -2.08. The second kappa shape index (κ2) is 3.58. The van der Waals surface area contributed by atoms with Gasteiger partial charge in [0.15, 0.2) is 5.78 Å². The first kappa shape index (κ1) is 9.74. The zero-order valence-electron chi connectivity index (χ0n) is 7.66. The molecule has 0 fully saturated rings. The molecular weight excluding hydrogens is 168 g/mol. The van der Waals surface area contributed by atoms with Crippen LogP contribution in [0.3, 0.4) is 0 Å². The molecule has 3 nitrogen and oxygen atoms in total. The molecule has 2 N–H and O–H groups in total. The summed E-state index contributed by atoms with van der Waals surface area (Å²) >= 11 is 0. The molecule has 0 bridgehead atoms. The molecule has 0 aromatic heterocycles. The number of phenols is 1. The molecule has 3 heteroatoms. The second-order valence-corrected chi connectivity index (χ2v) is 2.98. The summed E-state index contributed by atoms with van der Waals surface area (Å²) in [6.45, 7) is 3.03. The van der Waals surface area contributed by atoms with Crippen LogP contribution in [0.1, 0.15) is 21.5 Å². The van der Waals surface area contributed by atoms with Gasteiger partial charge in [0, 0.05) is 0 Å². The first-order valence-corrected chi connectivity index (χ1v) is 4.01. The van der Waals surface area contributed by atoms with Gasteiger partial charge in [0.25, 0.3) is 0 Å². The van der Waals surface area contributed by atoms with E-state index in [1.54, 1.807) is 13.0 Å². The average molecular weight is 180 g/mol. The first-order chi connectivity index (χ1) is 6.07. The number of aliphatic hydroxyl groups excluding tert-OH is 1. The summed E-state index contributed by atoms with van der Waals surface area (Å²) in [5, 5.41) is 18.1. The molecule has 1 aromatic rings. The van der Waals surface area contributed by atoms with Crippen molar-refractivity contribution >= 4 is 5.78 Å². The third-order valence-corrected chi connectivity index (χ3v) is 2.14. The molecule has 1 aromatic carbocycles. The number of phenolic OH excluding ortho intramolecular Hbond substituents is 1. The summed E-state index contributed by atoms with van der Waals surface area (Å²) in [5.41, 5.74) is 1.87. The Morgan fingerprint density at radius 2 is 2.00 bits per heavy atom. The summed E-state index contributed by atoms with van der Waals surface area (Å²) in [5.74, 6) is -0.513. The van der Waals surface area contributed by atoms with Crippen LogP contribution in [0.5, 0.6) is 5.75 Å². The maximum absolute atomic E-state index is 11.2. The molecule has 0 saturated carbocycles. The van der Waals surface area contributed by atoms with Gasteiger partial charge in [0.2, 0.25) is 0 Å². The zero-order valence-corrected chi connectivity index (χ0v) is 7.66. The van der Waals surface area contributed by atoms with Gasteiger partial charge in [-0.25, -0.2) is 0 Å². The van der Waals surface area contributed by atoms with Crippen LogP contribution in [0.15, 0.2) is 12.1 Å². The van der Waals surface area contributed by atoms with Gasteiger partial charge in [-0.15, -0.1) is 0 Å². The Labute approximate surface area is 76.6 Å². The van der Waals surface area contributed by atoms with E-state index in [-0.39, 0.29) is 11.3 Å². The number of aryl methyl sites for hydroxylation is 1. The molecule has 0 aliphatic carbocycles. The van der Waals surface area contributed by atoms with Crippen molar-refractivity contribution in [3.05, 3.63) is 28.8 Å². The van der Waals surface area contributed by atoms with Crippen LogP contribution >= 0.6 is 0 Å². The van der Waals surface area contributed by atoms with Crippen LogP contribution in [0.2, 0.25) is 0 Å². The van der Waals surface area contributed by atoms with Crippen LogP contribution in [-0.2, 0) is 0 Å². The van der Waals surface area contributed by atoms with Crippen molar-refractivity contribution < 1.29 is 15.0 Å². The number of benzene rings is 1. The van der Waals surface area contributed by atoms with E-state index in [9.17, 15) is 9.90 Å². The van der Waals surface area contributed by atoms with E-state index < -0.39 is 12.4 Å². The first-order valence-electron chi connectivity index (χ1n) is 4.01. The van der Waals surface area contributed by atoms with Crippen LogP contribution in [0, 0.1) is 13.8 Å². The number of aromatic hydroxyl groups is 1. The molecule has 0 atom stereocenters. The summed E-state index contributed by atoms with van der Waals surface area (Å²) in [6.07, 6.45) is 0. The zero-order chi connectivity index (χ0) is 10.0. The van der Waals surface area contributed by atoms with Crippen LogP contribution in [-0.4, -0.2) is 22.6 Å². The Kier molecular flexibility index (Phi) is 2.68. The van der Waals surface area contributed by atoms with Gasteiger partial charge in [-0.2, -0.15) is 0 Å². The predicted octanol–water partition coefficient (Wildman–Crippen LogP) is 1.18. The third-order valence-electron chi connectivity index (χ3n) is 2.14. The monoisotopic (exact) mass is 180 g/mol.